The first-order chi connectivity index (χ1) is 13.5. The van der Waals surface area contributed by atoms with E-state index in [2.05, 4.69) is 9.98 Å². The van der Waals surface area contributed by atoms with E-state index in [1.165, 1.54) is 12.3 Å². The van der Waals surface area contributed by atoms with Gasteiger partial charge in [0.25, 0.3) is 0 Å². The number of hydrogen-bond acceptors (Lipinski definition) is 6. The zero-order chi connectivity index (χ0) is 19.7. The van der Waals surface area contributed by atoms with Crippen molar-refractivity contribution in [3.8, 4) is 17.2 Å². The number of benzene rings is 3. The van der Waals surface area contributed by atoms with Crippen molar-refractivity contribution in [2.45, 2.75) is 0 Å². The Balaban J connectivity index is 1.68. The Morgan fingerprint density at radius 1 is 1.14 bits per heavy atom. The lowest BCUT2D eigenvalue weighted by Gasteiger charge is -2.02. The van der Waals surface area contributed by atoms with Crippen molar-refractivity contribution in [2.24, 2.45) is 4.99 Å². The second-order valence-electron chi connectivity index (χ2n) is 5.92. The van der Waals surface area contributed by atoms with Crippen molar-refractivity contribution >= 4 is 40.3 Å². The molecule has 1 aromatic heterocycles. The molecule has 28 heavy (non-hydrogen) atoms. The topological polar surface area (TPSA) is 102 Å². The molecule has 0 saturated heterocycles. The number of aromatic nitrogens is 1. The molecule has 0 saturated carbocycles. The zero-order valence-electron chi connectivity index (χ0n) is 14.2. The molecular formula is C20H12ClN3O4. The number of nitro benzene ring substituents is 1. The molecule has 7 nitrogen and oxygen atoms in total. The number of halogens is 1. The van der Waals surface area contributed by atoms with Crippen molar-refractivity contribution in [3.63, 3.8) is 0 Å². The minimum absolute atomic E-state index is 0.131. The van der Waals surface area contributed by atoms with Crippen molar-refractivity contribution in [2.75, 3.05) is 0 Å². The third kappa shape index (κ3) is 3.43. The van der Waals surface area contributed by atoms with Crippen LogP contribution in [0.2, 0.25) is 5.02 Å². The van der Waals surface area contributed by atoms with Gasteiger partial charge in [-0.15, -0.1) is 0 Å². The summed E-state index contributed by atoms with van der Waals surface area (Å²) in [6.07, 6.45) is 1.32. The van der Waals surface area contributed by atoms with Crippen LogP contribution in [0.4, 0.5) is 11.4 Å². The van der Waals surface area contributed by atoms with Gasteiger partial charge in [-0.2, -0.15) is 0 Å². The molecule has 1 heterocycles. The van der Waals surface area contributed by atoms with E-state index >= 15 is 0 Å². The minimum atomic E-state index is -0.702. The lowest BCUT2D eigenvalue weighted by molar-refractivity contribution is -0.385. The van der Waals surface area contributed by atoms with Gasteiger partial charge in [0.05, 0.1) is 10.6 Å². The molecule has 0 aliphatic carbocycles. The predicted molar refractivity (Wildman–Crippen MR) is 106 cm³/mol. The molecule has 0 atom stereocenters. The molecule has 4 aromatic rings. The molecule has 0 unspecified atom stereocenters. The molecular weight excluding hydrogens is 382 g/mol. The van der Waals surface area contributed by atoms with Crippen LogP contribution in [0.1, 0.15) is 5.56 Å². The van der Waals surface area contributed by atoms with Crippen LogP contribution in [-0.2, 0) is 0 Å². The molecule has 0 spiro atoms. The molecule has 1 N–H and O–H groups in total. The maximum atomic E-state index is 11.0. The van der Waals surface area contributed by atoms with Crippen LogP contribution in [0.15, 0.2) is 70.1 Å². The van der Waals surface area contributed by atoms with Crippen LogP contribution in [0.3, 0.4) is 0 Å². The highest BCUT2D eigenvalue weighted by molar-refractivity contribution is 6.31. The number of oxazole rings is 1. The Bertz CT molecular complexity index is 1200. The van der Waals surface area contributed by atoms with Gasteiger partial charge < -0.3 is 9.52 Å². The fourth-order valence-electron chi connectivity index (χ4n) is 2.70. The zero-order valence-corrected chi connectivity index (χ0v) is 15.0. The van der Waals surface area contributed by atoms with E-state index in [1.54, 1.807) is 18.2 Å². The SMILES string of the molecule is O=[N+]([O-])c1cc(Cl)cc(C=Nc2cccc(-c3nc4ccccc4o3)c2)c1O. The van der Waals surface area contributed by atoms with E-state index in [0.29, 0.717) is 17.2 Å². The van der Waals surface area contributed by atoms with Gasteiger partial charge in [0.2, 0.25) is 11.6 Å². The summed E-state index contributed by atoms with van der Waals surface area (Å²) in [7, 11) is 0. The fourth-order valence-corrected chi connectivity index (χ4v) is 2.92. The van der Waals surface area contributed by atoms with Crippen molar-refractivity contribution < 1.29 is 14.4 Å². The first kappa shape index (κ1) is 17.7. The fraction of sp³-hybridized carbons (Fsp3) is 0. The molecule has 4 rings (SSSR count). The van der Waals surface area contributed by atoms with Gasteiger partial charge in [0.1, 0.15) is 5.52 Å². The van der Waals surface area contributed by atoms with Gasteiger partial charge in [-0.3, -0.25) is 15.1 Å². The summed E-state index contributed by atoms with van der Waals surface area (Å²) in [6.45, 7) is 0. The molecule has 0 fully saturated rings. The van der Waals surface area contributed by atoms with E-state index in [9.17, 15) is 15.2 Å². The Hall–Kier alpha value is -3.71. The summed E-state index contributed by atoms with van der Waals surface area (Å²) in [5.41, 5.74) is 2.39. The number of hydrogen-bond donors (Lipinski definition) is 1. The molecule has 138 valence electrons. The van der Waals surface area contributed by atoms with Gasteiger partial charge >= 0.3 is 5.69 Å². The molecule has 3 aromatic carbocycles. The van der Waals surface area contributed by atoms with E-state index in [0.717, 1.165) is 17.1 Å². The monoisotopic (exact) mass is 393 g/mol. The predicted octanol–water partition coefficient (Wildman–Crippen LogP) is 5.51. The molecule has 0 bridgehead atoms. The summed E-state index contributed by atoms with van der Waals surface area (Å²) in [6, 6.07) is 17.1. The highest BCUT2D eigenvalue weighted by Gasteiger charge is 2.17. The van der Waals surface area contributed by atoms with Gasteiger partial charge in [-0.1, -0.05) is 29.8 Å². The van der Waals surface area contributed by atoms with Crippen LogP contribution in [0.25, 0.3) is 22.6 Å². The first-order valence-corrected chi connectivity index (χ1v) is 8.56. The van der Waals surface area contributed by atoms with Gasteiger partial charge in [0, 0.05) is 28.4 Å². The normalized spacial score (nSPS) is 11.3. The number of phenolic OH excluding ortho intramolecular Hbond substituents is 1. The van der Waals surface area contributed by atoms with E-state index < -0.39 is 16.4 Å². The van der Waals surface area contributed by atoms with E-state index in [4.69, 9.17) is 16.0 Å². The molecule has 0 aliphatic heterocycles. The summed E-state index contributed by atoms with van der Waals surface area (Å²) in [5.74, 6) is -0.0345. The number of aliphatic imine (C=N–C) groups is 1. The van der Waals surface area contributed by atoms with E-state index in [-0.39, 0.29) is 10.6 Å². The number of rotatable bonds is 4. The van der Waals surface area contributed by atoms with Gasteiger partial charge in [0.15, 0.2) is 5.58 Å². The first-order valence-electron chi connectivity index (χ1n) is 8.18. The van der Waals surface area contributed by atoms with Crippen LogP contribution in [-0.4, -0.2) is 21.2 Å². The highest BCUT2D eigenvalue weighted by atomic mass is 35.5. The number of nitro groups is 1. The largest absolute Gasteiger partial charge is 0.502 e. The summed E-state index contributed by atoms with van der Waals surface area (Å²) >= 11 is 5.89. The summed E-state index contributed by atoms with van der Waals surface area (Å²) in [4.78, 5) is 19.0. The Morgan fingerprint density at radius 2 is 1.96 bits per heavy atom. The number of para-hydroxylation sites is 2. The smallest absolute Gasteiger partial charge is 0.312 e. The van der Waals surface area contributed by atoms with E-state index in [1.807, 2.05) is 30.3 Å². The lowest BCUT2D eigenvalue weighted by atomic mass is 10.1. The Labute approximate surface area is 163 Å². The molecule has 0 radical (unpaired) electrons. The maximum absolute atomic E-state index is 11.0. The summed E-state index contributed by atoms with van der Waals surface area (Å²) < 4.78 is 5.75. The second-order valence-corrected chi connectivity index (χ2v) is 6.35. The lowest BCUT2D eigenvalue weighted by Crippen LogP contribution is -1.92. The van der Waals surface area contributed by atoms with Gasteiger partial charge in [-0.05, 0) is 36.4 Å². The number of fused-ring (bicyclic) bond motifs is 1. The molecule has 0 aliphatic rings. The third-order valence-electron chi connectivity index (χ3n) is 4.02. The molecule has 8 heteroatoms. The quantitative estimate of drug-likeness (QED) is 0.279. The van der Waals surface area contributed by atoms with Crippen LogP contribution in [0.5, 0.6) is 5.75 Å². The number of aromatic hydroxyl groups is 1. The number of nitrogens with zero attached hydrogens (tertiary/aromatic N) is 3. The average Bonchev–Trinajstić information content (AvgIpc) is 3.13. The average molecular weight is 394 g/mol. The van der Waals surface area contributed by atoms with Crippen molar-refractivity contribution in [1.82, 2.24) is 4.98 Å². The Kier molecular flexibility index (Phi) is 4.50. The highest BCUT2D eigenvalue weighted by Crippen LogP contribution is 2.33. The molecule has 0 amide bonds. The van der Waals surface area contributed by atoms with Crippen LogP contribution < -0.4 is 0 Å². The Morgan fingerprint density at radius 3 is 2.75 bits per heavy atom. The van der Waals surface area contributed by atoms with Crippen LogP contribution in [0, 0.1) is 10.1 Å². The van der Waals surface area contributed by atoms with Gasteiger partial charge in [-0.25, -0.2) is 4.98 Å². The maximum Gasteiger partial charge on any atom is 0.312 e. The number of phenols is 1. The van der Waals surface area contributed by atoms with Crippen molar-refractivity contribution in [3.05, 3.63) is 81.4 Å². The summed E-state index contributed by atoms with van der Waals surface area (Å²) in [5, 5.41) is 21.2. The standard InChI is InChI=1S/C20H12ClN3O4/c21-14-8-13(19(25)17(10-14)24(26)27)11-22-15-5-3-4-12(9-15)20-23-16-6-1-2-7-18(16)28-20/h1-11,25H. The second kappa shape index (κ2) is 7.13. The van der Waals surface area contributed by atoms with Crippen LogP contribution >= 0.6 is 11.6 Å². The minimum Gasteiger partial charge on any atom is -0.502 e. The van der Waals surface area contributed by atoms with Crippen molar-refractivity contribution in [1.29, 1.82) is 0 Å². The third-order valence-corrected chi connectivity index (χ3v) is 4.24.